The van der Waals surface area contributed by atoms with Gasteiger partial charge in [0, 0.05) is 7.11 Å². The molecule has 0 radical (unpaired) electrons. The molecule has 1 rings (SSSR count). The molecule has 0 bridgehead atoms. The van der Waals surface area contributed by atoms with Crippen LogP contribution in [-0.4, -0.2) is 61.7 Å². The molecule has 1 aromatic rings. The first-order chi connectivity index (χ1) is 10.5. The van der Waals surface area contributed by atoms with E-state index >= 15 is 0 Å². The number of carbonyl (C=O) groups is 3. The molecule has 0 aliphatic rings. The summed E-state index contributed by atoms with van der Waals surface area (Å²) in [5.41, 5.74) is -0.840. The van der Waals surface area contributed by atoms with Gasteiger partial charge >= 0.3 is 17.9 Å². The number of carboxylic acids is 2. The summed E-state index contributed by atoms with van der Waals surface area (Å²) in [5.74, 6) is -3.54. The Labute approximate surface area is 126 Å². The van der Waals surface area contributed by atoms with Gasteiger partial charge in [0.2, 0.25) is 0 Å². The van der Waals surface area contributed by atoms with Gasteiger partial charge in [-0.05, 0) is 18.2 Å². The van der Waals surface area contributed by atoms with Gasteiger partial charge in [0.05, 0.1) is 36.5 Å². The molecule has 0 heterocycles. The fourth-order valence-electron chi connectivity index (χ4n) is 1.55. The molecule has 22 heavy (non-hydrogen) atoms. The molecule has 8 heteroatoms. The highest BCUT2D eigenvalue weighted by molar-refractivity contribution is 6.04. The van der Waals surface area contributed by atoms with E-state index in [1.807, 2.05) is 0 Å². The minimum atomic E-state index is -1.35. The van der Waals surface area contributed by atoms with Crippen LogP contribution in [0.5, 0.6) is 0 Å². The van der Waals surface area contributed by atoms with Gasteiger partial charge in [-0.3, -0.25) is 0 Å². The number of hydrogen-bond acceptors (Lipinski definition) is 6. The molecule has 0 saturated heterocycles. The monoisotopic (exact) mass is 312 g/mol. The Morgan fingerprint density at radius 2 is 1.64 bits per heavy atom. The van der Waals surface area contributed by atoms with Gasteiger partial charge in [-0.1, -0.05) is 0 Å². The molecule has 0 spiro atoms. The standard InChI is InChI=1S/C14H16O8/c1-20-4-5-21-6-7-22-14(19)11-8-9(12(15)16)2-3-10(11)13(17)18/h2-3,8H,4-7H2,1H3,(H,15,16)(H,17,18). The number of ether oxygens (including phenoxy) is 3. The van der Waals surface area contributed by atoms with Crippen molar-refractivity contribution in [3.63, 3.8) is 0 Å². The maximum atomic E-state index is 11.9. The Morgan fingerprint density at radius 3 is 2.23 bits per heavy atom. The summed E-state index contributed by atoms with van der Waals surface area (Å²) in [6, 6.07) is 3.13. The Morgan fingerprint density at radius 1 is 0.955 bits per heavy atom. The van der Waals surface area contributed by atoms with Crippen LogP contribution in [-0.2, 0) is 14.2 Å². The third-order valence-corrected chi connectivity index (χ3v) is 2.61. The van der Waals surface area contributed by atoms with E-state index < -0.39 is 17.9 Å². The van der Waals surface area contributed by atoms with E-state index in [4.69, 9.17) is 24.4 Å². The number of methoxy groups -OCH3 is 1. The normalized spacial score (nSPS) is 10.2. The van der Waals surface area contributed by atoms with Crippen LogP contribution in [0.25, 0.3) is 0 Å². The number of aromatic carboxylic acids is 2. The number of carboxylic acid groups (broad SMARTS) is 2. The van der Waals surface area contributed by atoms with Crippen molar-refractivity contribution < 1.29 is 38.8 Å². The lowest BCUT2D eigenvalue weighted by atomic mass is 10.0. The zero-order valence-corrected chi connectivity index (χ0v) is 11.9. The van der Waals surface area contributed by atoms with Crippen molar-refractivity contribution in [1.82, 2.24) is 0 Å². The van der Waals surface area contributed by atoms with Crippen LogP contribution in [0.3, 0.4) is 0 Å². The topological polar surface area (TPSA) is 119 Å². The predicted molar refractivity (Wildman–Crippen MR) is 73.3 cm³/mol. The number of carbonyl (C=O) groups excluding carboxylic acids is 1. The Hall–Kier alpha value is -2.45. The van der Waals surface area contributed by atoms with Crippen molar-refractivity contribution in [3.8, 4) is 0 Å². The molecular formula is C14H16O8. The first-order valence-corrected chi connectivity index (χ1v) is 6.31. The molecule has 0 aromatic heterocycles. The molecule has 0 aliphatic carbocycles. The van der Waals surface area contributed by atoms with E-state index in [1.54, 1.807) is 0 Å². The smallest absolute Gasteiger partial charge is 0.339 e. The second-order valence-corrected chi connectivity index (χ2v) is 4.11. The highest BCUT2D eigenvalue weighted by atomic mass is 16.6. The molecule has 2 N–H and O–H groups in total. The van der Waals surface area contributed by atoms with Crippen LogP contribution in [0, 0.1) is 0 Å². The van der Waals surface area contributed by atoms with Crippen molar-refractivity contribution in [2.45, 2.75) is 0 Å². The summed E-state index contributed by atoms with van der Waals surface area (Å²) in [4.78, 5) is 33.8. The van der Waals surface area contributed by atoms with Gasteiger partial charge in [-0.25, -0.2) is 14.4 Å². The van der Waals surface area contributed by atoms with Crippen LogP contribution < -0.4 is 0 Å². The second-order valence-electron chi connectivity index (χ2n) is 4.11. The molecule has 0 atom stereocenters. The zero-order chi connectivity index (χ0) is 16.5. The van der Waals surface area contributed by atoms with Gasteiger partial charge in [0.1, 0.15) is 6.61 Å². The minimum absolute atomic E-state index is 0.0844. The number of esters is 1. The molecule has 0 amide bonds. The lowest BCUT2D eigenvalue weighted by molar-refractivity contribution is 0.0211. The maximum absolute atomic E-state index is 11.9. The van der Waals surface area contributed by atoms with E-state index in [2.05, 4.69) is 0 Å². The molecule has 0 fully saturated rings. The van der Waals surface area contributed by atoms with Crippen molar-refractivity contribution in [3.05, 3.63) is 34.9 Å². The summed E-state index contributed by atoms with van der Waals surface area (Å²) in [7, 11) is 1.52. The SMILES string of the molecule is COCCOCCOC(=O)c1cc(C(=O)O)ccc1C(=O)O. The Bertz CT molecular complexity index is 552. The second kappa shape index (κ2) is 8.75. The zero-order valence-electron chi connectivity index (χ0n) is 11.9. The Balaban J connectivity index is 2.72. The van der Waals surface area contributed by atoms with Crippen LogP contribution in [0.2, 0.25) is 0 Å². The number of hydrogen-bond donors (Lipinski definition) is 2. The average molecular weight is 312 g/mol. The molecule has 0 unspecified atom stereocenters. The van der Waals surface area contributed by atoms with Crippen LogP contribution in [0.4, 0.5) is 0 Å². The van der Waals surface area contributed by atoms with Crippen molar-refractivity contribution in [2.24, 2.45) is 0 Å². The first kappa shape index (κ1) is 17.6. The highest BCUT2D eigenvalue weighted by Gasteiger charge is 2.20. The molecule has 120 valence electrons. The minimum Gasteiger partial charge on any atom is -0.478 e. The fourth-order valence-corrected chi connectivity index (χ4v) is 1.55. The summed E-state index contributed by atoms with van der Waals surface area (Å²) in [6.07, 6.45) is 0. The van der Waals surface area contributed by atoms with Crippen LogP contribution >= 0.6 is 0 Å². The maximum Gasteiger partial charge on any atom is 0.339 e. The Kier molecular flexibility index (Phi) is 7.00. The number of benzene rings is 1. The van der Waals surface area contributed by atoms with Crippen LogP contribution in [0.15, 0.2) is 18.2 Å². The van der Waals surface area contributed by atoms with Crippen molar-refractivity contribution in [2.75, 3.05) is 33.5 Å². The number of rotatable bonds is 9. The van der Waals surface area contributed by atoms with Gasteiger partial charge < -0.3 is 24.4 Å². The van der Waals surface area contributed by atoms with E-state index in [-0.39, 0.29) is 29.9 Å². The highest BCUT2D eigenvalue weighted by Crippen LogP contribution is 2.14. The van der Waals surface area contributed by atoms with E-state index in [0.717, 1.165) is 18.2 Å². The first-order valence-electron chi connectivity index (χ1n) is 6.31. The van der Waals surface area contributed by atoms with E-state index in [9.17, 15) is 14.4 Å². The van der Waals surface area contributed by atoms with Crippen molar-refractivity contribution >= 4 is 17.9 Å². The van der Waals surface area contributed by atoms with E-state index in [1.165, 1.54) is 7.11 Å². The van der Waals surface area contributed by atoms with Gasteiger partial charge in [-0.2, -0.15) is 0 Å². The largest absolute Gasteiger partial charge is 0.478 e. The molecule has 1 aromatic carbocycles. The fraction of sp³-hybridized carbons (Fsp3) is 0.357. The third kappa shape index (κ3) is 5.15. The van der Waals surface area contributed by atoms with E-state index in [0.29, 0.717) is 13.2 Å². The molecular weight excluding hydrogens is 296 g/mol. The molecule has 0 saturated carbocycles. The molecule has 8 nitrogen and oxygen atoms in total. The lowest BCUT2D eigenvalue weighted by Crippen LogP contribution is -2.16. The summed E-state index contributed by atoms with van der Waals surface area (Å²) in [6.45, 7) is 0.774. The summed E-state index contributed by atoms with van der Waals surface area (Å²) >= 11 is 0. The van der Waals surface area contributed by atoms with Crippen molar-refractivity contribution in [1.29, 1.82) is 0 Å². The average Bonchev–Trinajstić information content (AvgIpc) is 2.49. The van der Waals surface area contributed by atoms with Gasteiger partial charge in [0.25, 0.3) is 0 Å². The molecule has 0 aliphatic heterocycles. The van der Waals surface area contributed by atoms with Gasteiger partial charge in [-0.15, -0.1) is 0 Å². The summed E-state index contributed by atoms with van der Waals surface area (Å²) in [5, 5.41) is 17.9. The third-order valence-electron chi connectivity index (χ3n) is 2.61. The predicted octanol–water partition coefficient (Wildman–Crippen LogP) is 0.903. The summed E-state index contributed by atoms with van der Waals surface area (Å²) < 4.78 is 14.7. The van der Waals surface area contributed by atoms with Gasteiger partial charge in [0.15, 0.2) is 0 Å². The quantitative estimate of drug-likeness (QED) is 0.510. The van der Waals surface area contributed by atoms with Crippen LogP contribution in [0.1, 0.15) is 31.1 Å². The lowest BCUT2D eigenvalue weighted by Gasteiger charge is -2.08.